The largest absolute Gasteiger partial charge is 0.316 e. The van der Waals surface area contributed by atoms with Crippen LogP contribution in [-0.4, -0.2) is 23.1 Å². The Morgan fingerprint density at radius 3 is 2.50 bits per heavy atom. The molecule has 0 aliphatic rings. The van der Waals surface area contributed by atoms with E-state index in [0.29, 0.717) is 10.6 Å². The molecule has 2 atom stereocenters. The minimum Gasteiger partial charge on any atom is -0.316 e. The van der Waals surface area contributed by atoms with Crippen molar-refractivity contribution in [1.82, 2.24) is 5.32 Å². The zero-order chi connectivity index (χ0) is 13.9. The molecule has 1 aromatic rings. The van der Waals surface area contributed by atoms with Crippen LogP contribution in [0.2, 0.25) is 5.02 Å². The molecule has 0 radical (unpaired) electrons. The van der Waals surface area contributed by atoms with E-state index in [1.54, 1.807) is 0 Å². The molecule has 1 rings (SSSR count). The standard InChI is InChI=1S/C13H19ClFNOS/c1-13(2,3)12(16-4)8-18(17)9-5-6-11(15)10(14)7-9/h5-7,12,16H,8H2,1-4H3. The maximum absolute atomic E-state index is 13.0. The maximum atomic E-state index is 13.0. The average molecular weight is 292 g/mol. The highest BCUT2D eigenvalue weighted by Crippen LogP contribution is 2.23. The molecule has 0 amide bonds. The molecule has 0 saturated carbocycles. The van der Waals surface area contributed by atoms with Crippen molar-refractivity contribution >= 4 is 22.4 Å². The van der Waals surface area contributed by atoms with E-state index in [1.165, 1.54) is 18.2 Å². The zero-order valence-electron chi connectivity index (χ0n) is 11.1. The van der Waals surface area contributed by atoms with Crippen molar-refractivity contribution in [1.29, 1.82) is 0 Å². The van der Waals surface area contributed by atoms with E-state index in [-0.39, 0.29) is 16.5 Å². The zero-order valence-corrected chi connectivity index (χ0v) is 12.7. The van der Waals surface area contributed by atoms with Gasteiger partial charge in [-0.2, -0.15) is 0 Å². The van der Waals surface area contributed by atoms with Crippen LogP contribution in [0.3, 0.4) is 0 Å². The number of benzene rings is 1. The number of hydrogen-bond acceptors (Lipinski definition) is 2. The van der Waals surface area contributed by atoms with Gasteiger partial charge in [0.25, 0.3) is 0 Å². The lowest BCUT2D eigenvalue weighted by Gasteiger charge is -2.30. The Labute approximate surface area is 115 Å². The summed E-state index contributed by atoms with van der Waals surface area (Å²) in [6.07, 6.45) is 0. The quantitative estimate of drug-likeness (QED) is 0.923. The summed E-state index contributed by atoms with van der Waals surface area (Å²) in [5.74, 6) is -0.0134. The van der Waals surface area contributed by atoms with Crippen LogP contribution in [0.4, 0.5) is 4.39 Å². The van der Waals surface area contributed by atoms with Gasteiger partial charge in [0.2, 0.25) is 0 Å². The van der Waals surface area contributed by atoms with Crippen molar-refractivity contribution in [3.8, 4) is 0 Å². The van der Waals surface area contributed by atoms with E-state index in [9.17, 15) is 8.60 Å². The summed E-state index contributed by atoms with van der Waals surface area (Å²) in [4.78, 5) is 0.561. The summed E-state index contributed by atoms with van der Waals surface area (Å²) in [5.41, 5.74) is 0.00817. The van der Waals surface area contributed by atoms with Crippen LogP contribution >= 0.6 is 11.6 Å². The Balaban J connectivity index is 2.85. The molecule has 18 heavy (non-hydrogen) atoms. The lowest BCUT2D eigenvalue weighted by molar-refractivity contribution is 0.304. The Hall–Kier alpha value is -0.450. The second-order valence-electron chi connectivity index (χ2n) is 5.30. The molecular weight excluding hydrogens is 273 g/mol. The van der Waals surface area contributed by atoms with Gasteiger partial charge in [-0.3, -0.25) is 4.21 Å². The Morgan fingerprint density at radius 2 is 2.06 bits per heavy atom. The number of nitrogens with one attached hydrogen (secondary N) is 1. The van der Waals surface area contributed by atoms with Gasteiger partial charge in [-0.25, -0.2) is 4.39 Å². The van der Waals surface area contributed by atoms with E-state index in [1.807, 2.05) is 7.05 Å². The molecule has 0 aliphatic carbocycles. The number of hydrogen-bond donors (Lipinski definition) is 1. The third-order valence-corrected chi connectivity index (χ3v) is 4.57. The molecular formula is C13H19ClFNOS. The van der Waals surface area contributed by atoms with Gasteiger partial charge < -0.3 is 5.32 Å². The number of rotatable bonds is 4. The van der Waals surface area contributed by atoms with Gasteiger partial charge in [0.05, 0.1) is 15.8 Å². The second-order valence-corrected chi connectivity index (χ2v) is 7.20. The van der Waals surface area contributed by atoms with Crippen LogP contribution in [0.25, 0.3) is 0 Å². The van der Waals surface area contributed by atoms with Gasteiger partial charge in [-0.1, -0.05) is 32.4 Å². The van der Waals surface area contributed by atoms with Crippen molar-refractivity contribution in [2.75, 3.05) is 12.8 Å². The molecule has 0 saturated heterocycles. The second kappa shape index (κ2) is 6.13. The van der Waals surface area contributed by atoms with Gasteiger partial charge in [-0.05, 0) is 30.7 Å². The molecule has 1 aromatic carbocycles. The van der Waals surface area contributed by atoms with E-state index < -0.39 is 16.6 Å². The van der Waals surface area contributed by atoms with Gasteiger partial charge >= 0.3 is 0 Å². The highest BCUT2D eigenvalue weighted by molar-refractivity contribution is 7.85. The molecule has 1 N–H and O–H groups in total. The maximum Gasteiger partial charge on any atom is 0.141 e. The van der Waals surface area contributed by atoms with Gasteiger partial charge in [-0.15, -0.1) is 0 Å². The summed E-state index contributed by atoms with van der Waals surface area (Å²) in [6, 6.07) is 4.32. The van der Waals surface area contributed by atoms with Crippen molar-refractivity contribution in [3.63, 3.8) is 0 Å². The monoisotopic (exact) mass is 291 g/mol. The third kappa shape index (κ3) is 4.04. The van der Waals surface area contributed by atoms with Crippen molar-refractivity contribution < 1.29 is 8.60 Å². The normalized spacial score (nSPS) is 15.4. The molecule has 5 heteroatoms. The first-order valence-corrected chi connectivity index (χ1v) is 7.46. The highest BCUT2D eigenvalue weighted by atomic mass is 35.5. The molecule has 0 aliphatic heterocycles. The average Bonchev–Trinajstić information content (AvgIpc) is 2.27. The Morgan fingerprint density at radius 1 is 1.44 bits per heavy atom. The summed E-state index contributed by atoms with van der Waals surface area (Å²) in [6.45, 7) is 6.26. The lowest BCUT2D eigenvalue weighted by Crippen LogP contribution is -2.42. The first-order valence-electron chi connectivity index (χ1n) is 5.76. The third-order valence-electron chi connectivity index (χ3n) is 2.87. The topological polar surface area (TPSA) is 29.1 Å². The molecule has 0 spiro atoms. The van der Waals surface area contributed by atoms with Gasteiger partial charge in [0.1, 0.15) is 5.82 Å². The van der Waals surface area contributed by atoms with Gasteiger partial charge in [0, 0.05) is 16.7 Å². The minimum absolute atomic E-state index is 0.00817. The molecule has 0 heterocycles. The molecule has 2 nitrogen and oxygen atoms in total. The predicted octanol–water partition coefficient (Wildman–Crippen LogP) is 3.22. The summed E-state index contributed by atoms with van der Waals surface area (Å²) in [5, 5.41) is 3.18. The molecule has 2 unspecified atom stereocenters. The van der Waals surface area contributed by atoms with Crippen LogP contribution in [0.15, 0.2) is 23.1 Å². The smallest absolute Gasteiger partial charge is 0.141 e. The molecule has 0 aromatic heterocycles. The van der Waals surface area contributed by atoms with E-state index in [0.717, 1.165) is 0 Å². The number of halogens is 2. The first kappa shape index (κ1) is 15.6. The fourth-order valence-corrected chi connectivity index (χ4v) is 3.51. The van der Waals surface area contributed by atoms with Crippen LogP contribution in [0.1, 0.15) is 20.8 Å². The van der Waals surface area contributed by atoms with E-state index >= 15 is 0 Å². The van der Waals surface area contributed by atoms with Crippen LogP contribution in [0.5, 0.6) is 0 Å². The fraction of sp³-hybridized carbons (Fsp3) is 0.538. The summed E-state index contributed by atoms with van der Waals surface area (Å²) in [7, 11) is 0.660. The van der Waals surface area contributed by atoms with Crippen molar-refractivity contribution in [2.45, 2.75) is 31.7 Å². The van der Waals surface area contributed by atoms with Gasteiger partial charge in [0.15, 0.2) is 0 Å². The summed E-state index contributed by atoms with van der Waals surface area (Å²) < 4.78 is 25.3. The SMILES string of the molecule is CNC(CS(=O)c1ccc(F)c(Cl)c1)C(C)(C)C. The Bertz CT molecular complexity index is 445. The first-order chi connectivity index (χ1) is 8.25. The molecule has 0 bridgehead atoms. The lowest BCUT2D eigenvalue weighted by atomic mass is 9.88. The fourth-order valence-electron chi connectivity index (χ4n) is 1.63. The van der Waals surface area contributed by atoms with Crippen molar-refractivity contribution in [2.24, 2.45) is 5.41 Å². The van der Waals surface area contributed by atoms with E-state index in [2.05, 4.69) is 26.1 Å². The summed E-state index contributed by atoms with van der Waals surface area (Å²) >= 11 is 5.69. The van der Waals surface area contributed by atoms with Crippen LogP contribution in [-0.2, 0) is 10.8 Å². The van der Waals surface area contributed by atoms with E-state index in [4.69, 9.17) is 11.6 Å². The van der Waals surface area contributed by atoms with Crippen molar-refractivity contribution in [3.05, 3.63) is 29.0 Å². The highest BCUT2D eigenvalue weighted by Gasteiger charge is 2.25. The molecule has 102 valence electrons. The van der Waals surface area contributed by atoms with Crippen LogP contribution in [0, 0.1) is 11.2 Å². The molecule has 0 fully saturated rings. The minimum atomic E-state index is -1.19. The predicted molar refractivity (Wildman–Crippen MR) is 75.0 cm³/mol. The Kier molecular flexibility index (Phi) is 5.32. The van der Waals surface area contributed by atoms with Crippen LogP contribution < -0.4 is 5.32 Å².